The van der Waals surface area contributed by atoms with Crippen LogP contribution in [0.25, 0.3) is 11.3 Å². The number of hydrogen-bond donors (Lipinski definition) is 1. The van der Waals surface area contributed by atoms with Crippen molar-refractivity contribution < 1.29 is 17.6 Å². The molecule has 12 heteroatoms. The first-order valence-corrected chi connectivity index (χ1v) is 8.31. The minimum Gasteiger partial charge on any atom is -0.272 e. The van der Waals surface area contributed by atoms with Crippen molar-refractivity contribution in [2.45, 2.75) is 33.1 Å². The Bertz CT molecular complexity index is 989. The van der Waals surface area contributed by atoms with Gasteiger partial charge in [0.25, 0.3) is 0 Å². The molecule has 0 aliphatic carbocycles. The molecule has 0 aliphatic rings. The monoisotopic (exact) mass is 396 g/mol. The van der Waals surface area contributed by atoms with Gasteiger partial charge in [-0.2, -0.15) is 32.9 Å². The summed E-state index contributed by atoms with van der Waals surface area (Å²) >= 11 is 0. The van der Waals surface area contributed by atoms with Gasteiger partial charge in [0, 0.05) is 24.8 Å². The van der Waals surface area contributed by atoms with Crippen molar-refractivity contribution in [2.24, 2.45) is 5.10 Å². The Balaban J connectivity index is 1.90. The second-order valence-corrected chi connectivity index (χ2v) is 5.62. The largest absolute Gasteiger partial charge is 0.433 e. The number of rotatable bonds is 6. The van der Waals surface area contributed by atoms with Gasteiger partial charge >= 0.3 is 6.18 Å². The van der Waals surface area contributed by atoms with E-state index in [4.69, 9.17) is 0 Å². The molecule has 0 saturated heterocycles. The molecule has 0 radical (unpaired) electrons. The van der Waals surface area contributed by atoms with Crippen LogP contribution in [0.1, 0.15) is 25.1 Å². The third kappa shape index (κ3) is 4.15. The minimum atomic E-state index is -4.67. The zero-order valence-corrected chi connectivity index (χ0v) is 14.9. The van der Waals surface area contributed by atoms with E-state index >= 15 is 0 Å². The molecule has 1 N–H and O–H groups in total. The van der Waals surface area contributed by atoms with Gasteiger partial charge in [-0.3, -0.25) is 4.68 Å². The minimum absolute atomic E-state index is 0.0321. The second kappa shape index (κ2) is 7.74. The van der Waals surface area contributed by atoms with Gasteiger partial charge in [-0.25, -0.2) is 20.1 Å². The van der Waals surface area contributed by atoms with E-state index in [2.05, 4.69) is 30.7 Å². The molecule has 0 spiro atoms. The molecule has 0 unspecified atom stereocenters. The van der Waals surface area contributed by atoms with E-state index in [9.17, 15) is 17.6 Å². The smallest absolute Gasteiger partial charge is 0.272 e. The van der Waals surface area contributed by atoms with E-state index in [1.807, 2.05) is 6.92 Å². The van der Waals surface area contributed by atoms with Crippen molar-refractivity contribution in [2.75, 3.05) is 5.43 Å². The molecule has 3 rings (SSSR count). The summed E-state index contributed by atoms with van der Waals surface area (Å²) in [6, 6.07) is 0.830. The standard InChI is InChI=1S/C16H16F4N8/c1-3-27-9-11(8-22-27)12-5-13(16(18,19)20)25-15(24-12)26-21-6-10-7-23-28(4-2)14(10)17/h5-9H,3-4H2,1-2H3,(H,24,25,26). The molecule has 8 nitrogen and oxygen atoms in total. The Morgan fingerprint density at radius 1 is 1.14 bits per heavy atom. The van der Waals surface area contributed by atoms with Gasteiger partial charge in [0.15, 0.2) is 5.69 Å². The fraction of sp³-hybridized carbons (Fsp3) is 0.312. The normalized spacial score (nSPS) is 12.1. The van der Waals surface area contributed by atoms with Crippen molar-refractivity contribution in [3.05, 3.63) is 41.9 Å². The van der Waals surface area contributed by atoms with E-state index in [0.717, 1.165) is 17.0 Å². The molecule has 148 valence electrons. The predicted molar refractivity (Wildman–Crippen MR) is 93.0 cm³/mol. The van der Waals surface area contributed by atoms with Crippen molar-refractivity contribution in [1.82, 2.24) is 29.5 Å². The van der Waals surface area contributed by atoms with E-state index in [0.29, 0.717) is 18.7 Å². The Labute approximate surface area is 156 Å². The Morgan fingerprint density at radius 3 is 2.54 bits per heavy atom. The number of aromatic nitrogens is 6. The van der Waals surface area contributed by atoms with Crippen molar-refractivity contribution in [3.8, 4) is 11.3 Å². The SMILES string of the molecule is CCn1cc(-c2cc(C(F)(F)F)nc(NN=Cc3cnn(CC)c3F)n2)cn1. The molecule has 0 bridgehead atoms. The predicted octanol–water partition coefficient (Wildman–Crippen LogP) is 3.18. The lowest BCUT2D eigenvalue weighted by Crippen LogP contribution is -2.11. The summed E-state index contributed by atoms with van der Waals surface area (Å²) < 4.78 is 56.1. The third-order valence-electron chi connectivity index (χ3n) is 3.74. The van der Waals surface area contributed by atoms with E-state index < -0.39 is 17.8 Å². The number of hydrogen-bond acceptors (Lipinski definition) is 6. The summed E-state index contributed by atoms with van der Waals surface area (Å²) in [4.78, 5) is 7.47. The van der Waals surface area contributed by atoms with E-state index in [1.165, 1.54) is 12.4 Å². The quantitative estimate of drug-likeness (QED) is 0.393. The number of nitrogens with zero attached hydrogens (tertiary/aromatic N) is 7. The molecule has 28 heavy (non-hydrogen) atoms. The summed E-state index contributed by atoms with van der Waals surface area (Å²) in [5, 5.41) is 11.6. The van der Waals surface area contributed by atoms with Crippen molar-refractivity contribution in [3.63, 3.8) is 0 Å². The summed E-state index contributed by atoms with van der Waals surface area (Å²) in [5.41, 5.74) is 1.68. The summed E-state index contributed by atoms with van der Waals surface area (Å²) in [5.74, 6) is -0.987. The zero-order valence-electron chi connectivity index (χ0n) is 14.9. The molecule has 0 saturated carbocycles. The van der Waals surface area contributed by atoms with Gasteiger partial charge in [0.05, 0.1) is 29.9 Å². The van der Waals surface area contributed by atoms with Crippen LogP contribution in [-0.2, 0) is 19.3 Å². The van der Waals surface area contributed by atoms with Gasteiger partial charge in [-0.05, 0) is 19.9 Å². The number of halogens is 4. The molecule has 0 atom stereocenters. The third-order valence-corrected chi connectivity index (χ3v) is 3.74. The first-order valence-electron chi connectivity index (χ1n) is 8.31. The van der Waals surface area contributed by atoms with Gasteiger partial charge in [-0.1, -0.05) is 0 Å². The topological polar surface area (TPSA) is 85.8 Å². The molecule has 0 aromatic carbocycles. The van der Waals surface area contributed by atoms with Crippen molar-refractivity contribution >= 4 is 12.2 Å². The highest BCUT2D eigenvalue weighted by molar-refractivity contribution is 5.79. The molecule has 0 amide bonds. The molecule has 3 aromatic rings. The van der Waals surface area contributed by atoms with Gasteiger partial charge < -0.3 is 0 Å². The zero-order chi connectivity index (χ0) is 20.3. The first kappa shape index (κ1) is 19.5. The van der Waals surface area contributed by atoms with Crippen LogP contribution in [0, 0.1) is 5.95 Å². The summed E-state index contributed by atoms with van der Waals surface area (Å²) in [6.07, 6.45) is 0.652. The fourth-order valence-corrected chi connectivity index (χ4v) is 2.31. The fourth-order valence-electron chi connectivity index (χ4n) is 2.31. The van der Waals surface area contributed by atoms with Crippen LogP contribution in [0.15, 0.2) is 29.8 Å². The molecular weight excluding hydrogens is 380 g/mol. The van der Waals surface area contributed by atoms with Crippen LogP contribution < -0.4 is 5.43 Å². The summed E-state index contributed by atoms with van der Waals surface area (Å²) in [7, 11) is 0. The highest BCUT2D eigenvalue weighted by atomic mass is 19.4. The number of aryl methyl sites for hydroxylation is 2. The maximum Gasteiger partial charge on any atom is 0.433 e. The van der Waals surface area contributed by atoms with E-state index in [-0.39, 0.29) is 17.2 Å². The summed E-state index contributed by atoms with van der Waals surface area (Å²) in [6.45, 7) is 4.45. The Morgan fingerprint density at radius 2 is 1.93 bits per heavy atom. The maximum atomic E-state index is 13.9. The maximum absolute atomic E-state index is 13.9. The van der Waals surface area contributed by atoms with Crippen LogP contribution in [0.4, 0.5) is 23.5 Å². The molecular formula is C16H16F4N8. The van der Waals surface area contributed by atoms with E-state index in [1.54, 1.807) is 17.8 Å². The van der Waals surface area contributed by atoms with Gasteiger partial charge in [0.1, 0.15) is 0 Å². The van der Waals surface area contributed by atoms with Crippen LogP contribution in [0.3, 0.4) is 0 Å². The van der Waals surface area contributed by atoms with Crippen LogP contribution in [0.5, 0.6) is 0 Å². The van der Waals surface area contributed by atoms with Gasteiger partial charge in [-0.15, -0.1) is 0 Å². The lowest BCUT2D eigenvalue weighted by atomic mass is 10.2. The van der Waals surface area contributed by atoms with Gasteiger partial charge in [0.2, 0.25) is 11.9 Å². The number of hydrazone groups is 1. The number of nitrogens with one attached hydrogen (secondary N) is 1. The van der Waals surface area contributed by atoms with Crippen molar-refractivity contribution in [1.29, 1.82) is 0 Å². The molecule has 0 fully saturated rings. The first-order chi connectivity index (χ1) is 13.3. The average molecular weight is 396 g/mol. The lowest BCUT2D eigenvalue weighted by Gasteiger charge is -2.09. The molecule has 0 aliphatic heterocycles. The second-order valence-electron chi connectivity index (χ2n) is 5.62. The van der Waals surface area contributed by atoms with Crippen LogP contribution in [0.2, 0.25) is 0 Å². The lowest BCUT2D eigenvalue weighted by molar-refractivity contribution is -0.141. The van der Waals surface area contributed by atoms with Crippen LogP contribution >= 0.6 is 0 Å². The van der Waals surface area contributed by atoms with Crippen LogP contribution in [-0.4, -0.2) is 35.7 Å². The average Bonchev–Trinajstić information content (AvgIpc) is 3.28. The number of alkyl halides is 3. The molecule has 3 aromatic heterocycles. The Kier molecular flexibility index (Phi) is 5.38. The number of anilines is 1. The Hall–Kier alpha value is -3.31. The molecule has 3 heterocycles. The highest BCUT2D eigenvalue weighted by Gasteiger charge is 2.34. The highest BCUT2D eigenvalue weighted by Crippen LogP contribution is 2.31.